The standard InChI is InChI=1S/C26H22F3NO5S/c1-15(2)18-4-3-5-21(13-18)36(34,35)30-22-11-10-20(26(27,28)29)12-19(22)14-23(30)24(31)16-6-8-17(9-7-16)25(32)33/h3-15,24,31H,1-2H3,(H,32,33). The van der Waals surface area contributed by atoms with Crippen molar-refractivity contribution in [3.05, 3.63) is 101 Å². The molecule has 0 radical (unpaired) electrons. The molecule has 1 unspecified atom stereocenters. The second kappa shape index (κ2) is 9.11. The maximum Gasteiger partial charge on any atom is 0.416 e. The zero-order chi connectivity index (χ0) is 26.4. The van der Waals surface area contributed by atoms with Crippen LogP contribution in [0.3, 0.4) is 0 Å². The first-order chi connectivity index (χ1) is 16.8. The lowest BCUT2D eigenvalue weighted by Crippen LogP contribution is -2.18. The average Bonchev–Trinajstić information content (AvgIpc) is 3.23. The Morgan fingerprint density at radius 2 is 1.58 bits per heavy atom. The molecule has 4 rings (SSSR count). The van der Waals surface area contributed by atoms with Crippen LogP contribution in [-0.4, -0.2) is 28.6 Å². The highest BCUT2D eigenvalue weighted by Crippen LogP contribution is 2.36. The van der Waals surface area contributed by atoms with Crippen LogP contribution in [0.5, 0.6) is 0 Å². The molecule has 0 aliphatic rings. The van der Waals surface area contributed by atoms with E-state index in [9.17, 15) is 31.5 Å². The lowest BCUT2D eigenvalue weighted by atomic mass is 10.0. The van der Waals surface area contributed by atoms with Gasteiger partial charge in [0.1, 0.15) is 6.10 Å². The van der Waals surface area contributed by atoms with E-state index >= 15 is 0 Å². The third kappa shape index (κ3) is 4.61. The van der Waals surface area contributed by atoms with Crippen molar-refractivity contribution in [2.75, 3.05) is 0 Å². The Labute approximate surface area is 205 Å². The molecule has 0 aliphatic heterocycles. The third-order valence-electron chi connectivity index (χ3n) is 5.93. The van der Waals surface area contributed by atoms with Crippen LogP contribution in [0.25, 0.3) is 10.9 Å². The van der Waals surface area contributed by atoms with Crippen molar-refractivity contribution in [3.63, 3.8) is 0 Å². The molecular formula is C26H22F3NO5S. The number of hydrogen-bond acceptors (Lipinski definition) is 4. The monoisotopic (exact) mass is 517 g/mol. The highest BCUT2D eigenvalue weighted by atomic mass is 32.2. The molecule has 0 amide bonds. The van der Waals surface area contributed by atoms with E-state index in [2.05, 4.69) is 0 Å². The predicted octanol–water partition coefficient (Wildman–Crippen LogP) is 5.80. The summed E-state index contributed by atoms with van der Waals surface area (Å²) in [4.78, 5) is 11.1. The van der Waals surface area contributed by atoms with Crippen LogP contribution in [-0.2, 0) is 16.2 Å². The quantitative estimate of drug-likeness (QED) is 0.337. The average molecular weight is 518 g/mol. The van der Waals surface area contributed by atoms with Gasteiger partial charge in [-0.2, -0.15) is 13.2 Å². The number of carbonyl (C=O) groups is 1. The Balaban J connectivity index is 1.96. The van der Waals surface area contributed by atoms with Crippen molar-refractivity contribution in [3.8, 4) is 0 Å². The molecule has 4 aromatic rings. The van der Waals surface area contributed by atoms with E-state index in [-0.39, 0.29) is 38.5 Å². The molecule has 0 spiro atoms. The summed E-state index contributed by atoms with van der Waals surface area (Å²) in [5.41, 5.74) is -0.293. The fourth-order valence-corrected chi connectivity index (χ4v) is 5.57. The molecule has 1 aromatic heterocycles. The van der Waals surface area contributed by atoms with Gasteiger partial charge >= 0.3 is 12.1 Å². The second-order valence-corrected chi connectivity index (χ2v) is 10.5. The third-order valence-corrected chi connectivity index (χ3v) is 7.67. The topological polar surface area (TPSA) is 96.6 Å². The number of aliphatic hydroxyl groups excluding tert-OH is 1. The van der Waals surface area contributed by atoms with Gasteiger partial charge in [-0.1, -0.05) is 38.1 Å². The Morgan fingerprint density at radius 1 is 0.917 bits per heavy atom. The molecule has 0 saturated heterocycles. The molecule has 36 heavy (non-hydrogen) atoms. The smallest absolute Gasteiger partial charge is 0.416 e. The van der Waals surface area contributed by atoms with Gasteiger partial charge in [-0.05, 0) is 65.6 Å². The fraction of sp³-hybridized carbons (Fsp3) is 0.192. The van der Waals surface area contributed by atoms with Gasteiger partial charge in [-0.3, -0.25) is 0 Å². The van der Waals surface area contributed by atoms with Crippen molar-refractivity contribution >= 4 is 26.9 Å². The van der Waals surface area contributed by atoms with Crippen molar-refractivity contribution in [1.82, 2.24) is 3.97 Å². The van der Waals surface area contributed by atoms with E-state index < -0.39 is 33.8 Å². The molecule has 3 aromatic carbocycles. The minimum atomic E-state index is -4.65. The highest BCUT2D eigenvalue weighted by Gasteiger charge is 2.33. The van der Waals surface area contributed by atoms with Crippen LogP contribution in [0.2, 0.25) is 0 Å². The Morgan fingerprint density at radius 3 is 2.17 bits per heavy atom. The lowest BCUT2D eigenvalue weighted by molar-refractivity contribution is -0.137. The van der Waals surface area contributed by atoms with Gasteiger partial charge in [0.25, 0.3) is 10.0 Å². The van der Waals surface area contributed by atoms with Crippen LogP contribution in [0.4, 0.5) is 13.2 Å². The zero-order valence-electron chi connectivity index (χ0n) is 19.2. The van der Waals surface area contributed by atoms with E-state index in [1.165, 1.54) is 42.5 Å². The first-order valence-electron chi connectivity index (χ1n) is 10.9. The lowest BCUT2D eigenvalue weighted by Gasteiger charge is -2.17. The summed E-state index contributed by atoms with van der Waals surface area (Å²) < 4.78 is 68.5. The summed E-state index contributed by atoms with van der Waals surface area (Å²) in [6, 6.07) is 15.2. The predicted molar refractivity (Wildman–Crippen MR) is 128 cm³/mol. The number of benzene rings is 3. The number of carboxylic acids is 1. The number of aromatic nitrogens is 1. The molecular weight excluding hydrogens is 495 g/mol. The van der Waals surface area contributed by atoms with Gasteiger partial charge in [0.15, 0.2) is 0 Å². The van der Waals surface area contributed by atoms with E-state index in [1.54, 1.807) is 12.1 Å². The number of fused-ring (bicyclic) bond motifs is 1. The summed E-state index contributed by atoms with van der Waals surface area (Å²) in [5.74, 6) is -1.16. The number of halogens is 3. The molecule has 6 nitrogen and oxygen atoms in total. The normalized spacial score (nSPS) is 13.3. The van der Waals surface area contributed by atoms with Crippen LogP contribution >= 0.6 is 0 Å². The van der Waals surface area contributed by atoms with Crippen molar-refractivity contribution in [2.24, 2.45) is 0 Å². The van der Waals surface area contributed by atoms with E-state index in [4.69, 9.17) is 5.11 Å². The fourth-order valence-electron chi connectivity index (χ4n) is 3.96. The van der Waals surface area contributed by atoms with Crippen LogP contribution in [0, 0.1) is 0 Å². The Kier molecular flexibility index (Phi) is 6.44. The highest BCUT2D eigenvalue weighted by molar-refractivity contribution is 7.90. The Bertz CT molecular complexity index is 1550. The van der Waals surface area contributed by atoms with Gasteiger partial charge < -0.3 is 10.2 Å². The molecule has 1 atom stereocenters. The SMILES string of the molecule is CC(C)c1cccc(S(=O)(=O)n2c(C(O)c3ccc(C(=O)O)cc3)cc3cc(C(F)(F)F)ccc32)c1. The molecule has 0 saturated carbocycles. The maximum atomic E-state index is 13.8. The van der Waals surface area contributed by atoms with E-state index in [1.807, 2.05) is 13.8 Å². The second-order valence-electron chi connectivity index (χ2n) is 8.67. The molecule has 1 heterocycles. The number of carboxylic acid groups (broad SMARTS) is 1. The number of hydrogen-bond donors (Lipinski definition) is 2. The molecule has 0 fully saturated rings. The summed E-state index contributed by atoms with van der Waals surface area (Å²) in [7, 11) is -4.35. The van der Waals surface area contributed by atoms with Gasteiger partial charge in [0.05, 0.1) is 27.2 Å². The van der Waals surface area contributed by atoms with E-state index in [0.717, 1.165) is 27.7 Å². The molecule has 188 valence electrons. The van der Waals surface area contributed by atoms with Crippen molar-refractivity contribution in [2.45, 2.75) is 36.9 Å². The number of nitrogens with zero attached hydrogens (tertiary/aromatic N) is 1. The molecule has 10 heteroatoms. The van der Waals surface area contributed by atoms with Crippen molar-refractivity contribution in [1.29, 1.82) is 0 Å². The minimum absolute atomic E-state index is 0.0220. The molecule has 2 N–H and O–H groups in total. The van der Waals surface area contributed by atoms with Gasteiger partial charge in [0, 0.05) is 5.39 Å². The maximum absolute atomic E-state index is 13.8. The molecule has 0 aliphatic carbocycles. The van der Waals surface area contributed by atoms with Gasteiger partial charge in [-0.25, -0.2) is 17.2 Å². The van der Waals surface area contributed by atoms with Crippen LogP contribution in [0.15, 0.2) is 77.7 Å². The zero-order valence-corrected chi connectivity index (χ0v) is 20.0. The van der Waals surface area contributed by atoms with Crippen molar-refractivity contribution < 1.29 is 36.6 Å². The number of aliphatic hydroxyl groups is 1. The van der Waals surface area contributed by atoms with Gasteiger partial charge in [-0.15, -0.1) is 0 Å². The number of aromatic carboxylic acids is 1. The van der Waals surface area contributed by atoms with Gasteiger partial charge in [0.2, 0.25) is 0 Å². The summed E-state index contributed by atoms with van der Waals surface area (Å²) in [6.07, 6.45) is -6.22. The summed E-state index contributed by atoms with van der Waals surface area (Å²) >= 11 is 0. The van der Waals surface area contributed by atoms with Crippen LogP contribution < -0.4 is 0 Å². The van der Waals surface area contributed by atoms with E-state index in [0.29, 0.717) is 0 Å². The minimum Gasteiger partial charge on any atom is -0.478 e. The first-order valence-corrected chi connectivity index (χ1v) is 12.3. The summed E-state index contributed by atoms with van der Waals surface area (Å²) in [5, 5.41) is 20.2. The number of alkyl halides is 3. The molecule has 0 bridgehead atoms. The first kappa shape index (κ1) is 25.5. The Hall–Kier alpha value is -3.63. The summed E-state index contributed by atoms with van der Waals surface area (Å²) in [6.45, 7) is 3.79. The number of rotatable bonds is 6. The van der Waals surface area contributed by atoms with Crippen LogP contribution in [0.1, 0.15) is 58.6 Å². The largest absolute Gasteiger partial charge is 0.478 e.